The molecule has 4 amide bonds. The van der Waals surface area contributed by atoms with Crippen LogP contribution in [0.3, 0.4) is 0 Å². The Bertz CT molecular complexity index is 704. The highest BCUT2D eigenvalue weighted by atomic mass is 16.3. The first-order chi connectivity index (χ1) is 12.3. The molecule has 2 atom stereocenters. The fourth-order valence-electron chi connectivity index (χ4n) is 3.33. The normalized spacial score (nSPS) is 22.9. The van der Waals surface area contributed by atoms with Crippen molar-refractivity contribution in [2.75, 3.05) is 19.6 Å². The van der Waals surface area contributed by atoms with E-state index in [0.29, 0.717) is 19.5 Å². The lowest BCUT2D eigenvalue weighted by atomic mass is 9.98. The van der Waals surface area contributed by atoms with Crippen molar-refractivity contribution in [2.24, 2.45) is 0 Å². The Balaban J connectivity index is 1.66. The summed E-state index contributed by atoms with van der Waals surface area (Å²) in [5, 5.41) is 14.9. The lowest BCUT2D eigenvalue weighted by Gasteiger charge is -2.45. The molecule has 0 bridgehead atoms. The van der Waals surface area contributed by atoms with Crippen LogP contribution < -0.4 is 10.6 Å². The van der Waals surface area contributed by atoms with Crippen LogP contribution in [0.2, 0.25) is 0 Å². The Morgan fingerprint density at radius 3 is 2.62 bits per heavy atom. The Morgan fingerprint density at radius 2 is 1.96 bits per heavy atom. The second-order valence-corrected chi connectivity index (χ2v) is 7.03. The van der Waals surface area contributed by atoms with E-state index < -0.39 is 12.1 Å². The maximum absolute atomic E-state index is 12.8. The maximum atomic E-state index is 12.8. The summed E-state index contributed by atoms with van der Waals surface area (Å²) in [4.78, 5) is 40.6. The van der Waals surface area contributed by atoms with Gasteiger partial charge in [-0.15, -0.1) is 0 Å². The molecule has 0 saturated carbocycles. The molecule has 140 valence electrons. The zero-order valence-corrected chi connectivity index (χ0v) is 14.9. The van der Waals surface area contributed by atoms with E-state index in [1.165, 1.54) is 0 Å². The summed E-state index contributed by atoms with van der Waals surface area (Å²) in [6.07, 6.45) is 0.367. The molecule has 1 aromatic carbocycles. The predicted octanol–water partition coefficient (Wildman–Crippen LogP) is 0.0639. The maximum Gasteiger partial charge on any atom is 0.317 e. The summed E-state index contributed by atoms with van der Waals surface area (Å²) >= 11 is 0. The van der Waals surface area contributed by atoms with E-state index in [1.54, 1.807) is 34.1 Å². The Hall–Kier alpha value is -2.77. The average Bonchev–Trinajstić information content (AvgIpc) is 2.60. The smallest absolute Gasteiger partial charge is 0.317 e. The van der Waals surface area contributed by atoms with Crippen molar-refractivity contribution in [1.29, 1.82) is 0 Å². The molecule has 2 fully saturated rings. The third kappa shape index (κ3) is 3.74. The molecule has 3 N–H and O–H groups in total. The van der Waals surface area contributed by atoms with Gasteiger partial charge in [0.25, 0.3) is 0 Å². The van der Waals surface area contributed by atoms with Crippen molar-refractivity contribution in [3.8, 4) is 5.75 Å². The zero-order valence-electron chi connectivity index (χ0n) is 14.9. The van der Waals surface area contributed by atoms with Crippen LogP contribution in [0.1, 0.15) is 19.4 Å². The first-order valence-corrected chi connectivity index (χ1v) is 8.79. The van der Waals surface area contributed by atoms with Crippen LogP contribution in [-0.2, 0) is 16.0 Å². The number of fused-ring (bicyclic) bond motifs is 1. The summed E-state index contributed by atoms with van der Waals surface area (Å²) in [5.74, 6) is -0.217. The van der Waals surface area contributed by atoms with Crippen LogP contribution >= 0.6 is 0 Å². The first-order valence-electron chi connectivity index (χ1n) is 8.79. The van der Waals surface area contributed by atoms with Crippen LogP contribution in [0.15, 0.2) is 24.3 Å². The van der Waals surface area contributed by atoms with Gasteiger partial charge in [0.15, 0.2) is 0 Å². The number of hydrogen-bond acceptors (Lipinski definition) is 4. The highest BCUT2D eigenvalue weighted by molar-refractivity contribution is 5.97. The van der Waals surface area contributed by atoms with E-state index in [4.69, 9.17) is 0 Å². The van der Waals surface area contributed by atoms with Gasteiger partial charge in [-0.3, -0.25) is 9.59 Å². The minimum absolute atomic E-state index is 0.0111. The van der Waals surface area contributed by atoms with E-state index >= 15 is 0 Å². The molecule has 26 heavy (non-hydrogen) atoms. The van der Waals surface area contributed by atoms with E-state index in [-0.39, 0.29) is 36.2 Å². The number of urea groups is 1. The third-order valence-electron chi connectivity index (χ3n) is 4.66. The monoisotopic (exact) mass is 360 g/mol. The van der Waals surface area contributed by atoms with E-state index in [0.717, 1.165) is 5.56 Å². The van der Waals surface area contributed by atoms with Gasteiger partial charge in [0, 0.05) is 25.6 Å². The second-order valence-electron chi connectivity index (χ2n) is 7.03. The van der Waals surface area contributed by atoms with Gasteiger partial charge in [0.2, 0.25) is 11.8 Å². The minimum atomic E-state index is -0.648. The van der Waals surface area contributed by atoms with Crippen molar-refractivity contribution >= 4 is 17.8 Å². The Labute approximate surface area is 152 Å². The summed E-state index contributed by atoms with van der Waals surface area (Å²) in [7, 11) is 0. The molecule has 0 aliphatic carbocycles. The van der Waals surface area contributed by atoms with Gasteiger partial charge in [0.1, 0.15) is 17.8 Å². The SMILES string of the molecule is CC(C)NC(=O)N1CCN2C(=O)C(Cc3ccc(O)cc3)NC(=O)C2C1. The molecule has 2 heterocycles. The van der Waals surface area contributed by atoms with E-state index in [2.05, 4.69) is 10.6 Å². The molecule has 2 aliphatic heterocycles. The number of nitrogens with zero attached hydrogens (tertiary/aromatic N) is 2. The number of phenolic OH excluding ortho intramolecular Hbond substituents is 1. The molecule has 0 aromatic heterocycles. The second kappa shape index (κ2) is 7.23. The lowest BCUT2D eigenvalue weighted by molar-refractivity contribution is -0.152. The molecular weight excluding hydrogens is 336 g/mol. The molecule has 8 heteroatoms. The van der Waals surface area contributed by atoms with Gasteiger partial charge in [-0.1, -0.05) is 12.1 Å². The minimum Gasteiger partial charge on any atom is -0.508 e. The summed E-state index contributed by atoms with van der Waals surface area (Å²) in [6.45, 7) is 4.69. The zero-order chi connectivity index (χ0) is 18.8. The fourth-order valence-corrected chi connectivity index (χ4v) is 3.33. The molecule has 3 rings (SSSR count). The van der Waals surface area contributed by atoms with Crippen molar-refractivity contribution in [1.82, 2.24) is 20.4 Å². The number of aromatic hydroxyl groups is 1. The van der Waals surface area contributed by atoms with Crippen molar-refractivity contribution in [2.45, 2.75) is 38.4 Å². The highest BCUT2D eigenvalue weighted by Crippen LogP contribution is 2.19. The number of benzene rings is 1. The topological polar surface area (TPSA) is 102 Å². The van der Waals surface area contributed by atoms with E-state index in [1.807, 2.05) is 13.8 Å². The number of amides is 4. The standard InChI is InChI=1S/C18H24N4O4/c1-11(2)19-18(26)21-7-8-22-15(10-21)16(24)20-14(17(22)25)9-12-3-5-13(23)6-4-12/h3-6,11,14-15,23H,7-10H2,1-2H3,(H,19,26)(H,20,24). The lowest BCUT2D eigenvalue weighted by Crippen LogP contribution is -2.70. The molecule has 0 spiro atoms. The van der Waals surface area contributed by atoms with Gasteiger partial charge in [0.05, 0.1) is 6.54 Å². The fraction of sp³-hybridized carbons (Fsp3) is 0.500. The number of rotatable bonds is 3. The van der Waals surface area contributed by atoms with Crippen LogP contribution in [0.5, 0.6) is 5.75 Å². The van der Waals surface area contributed by atoms with E-state index in [9.17, 15) is 19.5 Å². The Morgan fingerprint density at radius 1 is 1.27 bits per heavy atom. The number of carbonyl (C=O) groups excluding carboxylic acids is 3. The summed E-state index contributed by atoms with van der Waals surface area (Å²) in [5.41, 5.74) is 0.856. The third-order valence-corrected chi connectivity index (χ3v) is 4.66. The predicted molar refractivity (Wildman–Crippen MR) is 94.5 cm³/mol. The molecule has 2 unspecified atom stereocenters. The summed E-state index contributed by atoms with van der Waals surface area (Å²) in [6, 6.07) is 5.09. The van der Waals surface area contributed by atoms with Crippen LogP contribution in [0.25, 0.3) is 0 Å². The first kappa shape index (κ1) is 18.0. The molecular formula is C18H24N4O4. The van der Waals surface area contributed by atoms with Crippen molar-refractivity contribution < 1.29 is 19.5 Å². The molecule has 1 aromatic rings. The molecule has 0 radical (unpaired) electrons. The van der Waals surface area contributed by atoms with Gasteiger partial charge in [-0.25, -0.2) is 4.79 Å². The van der Waals surface area contributed by atoms with Gasteiger partial charge < -0.3 is 25.5 Å². The highest BCUT2D eigenvalue weighted by Gasteiger charge is 2.44. The number of nitrogens with one attached hydrogen (secondary N) is 2. The van der Waals surface area contributed by atoms with Crippen LogP contribution in [0, 0.1) is 0 Å². The Kier molecular flexibility index (Phi) is 5.01. The largest absolute Gasteiger partial charge is 0.508 e. The van der Waals surface area contributed by atoms with Gasteiger partial charge in [-0.05, 0) is 31.5 Å². The quantitative estimate of drug-likeness (QED) is 0.710. The van der Waals surface area contributed by atoms with Crippen molar-refractivity contribution in [3.63, 3.8) is 0 Å². The number of hydrogen-bond donors (Lipinski definition) is 3. The van der Waals surface area contributed by atoms with Crippen molar-refractivity contribution in [3.05, 3.63) is 29.8 Å². The number of phenols is 1. The average molecular weight is 360 g/mol. The van der Waals surface area contributed by atoms with Gasteiger partial charge in [-0.2, -0.15) is 0 Å². The molecule has 8 nitrogen and oxygen atoms in total. The molecule has 2 saturated heterocycles. The molecule has 2 aliphatic rings. The number of carbonyl (C=O) groups is 3. The van der Waals surface area contributed by atoms with Crippen LogP contribution in [0.4, 0.5) is 4.79 Å². The van der Waals surface area contributed by atoms with Gasteiger partial charge >= 0.3 is 6.03 Å². The number of piperazine rings is 2. The van der Waals surface area contributed by atoms with Crippen LogP contribution in [-0.4, -0.2) is 70.5 Å². The summed E-state index contributed by atoms with van der Waals surface area (Å²) < 4.78 is 0.